The number of nitrogens with two attached hydrogens (primary N) is 1. The first-order valence-corrected chi connectivity index (χ1v) is 6.30. The Bertz CT molecular complexity index is 268. The molecular weight excluding hydrogens is 204 g/mol. The van der Waals surface area contributed by atoms with Gasteiger partial charge in [-0.1, -0.05) is 19.3 Å². The van der Waals surface area contributed by atoms with Crippen LogP contribution in [0.5, 0.6) is 0 Å². The van der Waals surface area contributed by atoms with Gasteiger partial charge in [0.15, 0.2) is 0 Å². The van der Waals surface area contributed by atoms with Crippen LogP contribution in [0, 0.1) is 5.41 Å². The zero-order valence-corrected chi connectivity index (χ0v) is 9.80. The highest BCUT2D eigenvalue weighted by Crippen LogP contribution is 2.45. The van der Waals surface area contributed by atoms with E-state index in [9.17, 15) is 9.90 Å². The molecule has 0 heterocycles. The Balaban J connectivity index is 1.98. The topological polar surface area (TPSA) is 75.4 Å². The zero-order valence-electron chi connectivity index (χ0n) is 9.80. The summed E-state index contributed by atoms with van der Waals surface area (Å²) in [5.41, 5.74) is 4.97. The third-order valence-electron chi connectivity index (χ3n) is 4.22. The maximum Gasteiger partial charge on any atom is 0.228 e. The minimum Gasteiger partial charge on any atom is -0.394 e. The van der Waals surface area contributed by atoms with Crippen molar-refractivity contribution in [2.45, 2.75) is 50.5 Å². The Hall–Kier alpha value is -0.610. The van der Waals surface area contributed by atoms with Gasteiger partial charge in [0.2, 0.25) is 5.91 Å². The van der Waals surface area contributed by atoms with Crippen LogP contribution in [0.25, 0.3) is 0 Å². The van der Waals surface area contributed by atoms with Crippen LogP contribution in [0.3, 0.4) is 0 Å². The fourth-order valence-corrected chi connectivity index (χ4v) is 2.60. The summed E-state index contributed by atoms with van der Waals surface area (Å²) in [6.07, 6.45) is 6.99. The SMILES string of the molecule is NCC1(C(=O)NC2(CO)CCCCC2)CC1. The second kappa shape index (κ2) is 4.34. The molecule has 1 amide bonds. The largest absolute Gasteiger partial charge is 0.394 e. The van der Waals surface area contributed by atoms with Crippen molar-refractivity contribution in [3.05, 3.63) is 0 Å². The van der Waals surface area contributed by atoms with E-state index in [1.54, 1.807) is 0 Å². The van der Waals surface area contributed by atoms with Crippen molar-refractivity contribution >= 4 is 5.91 Å². The van der Waals surface area contributed by atoms with E-state index < -0.39 is 0 Å². The first-order chi connectivity index (χ1) is 7.66. The molecule has 4 N–H and O–H groups in total. The van der Waals surface area contributed by atoms with Crippen LogP contribution in [0.2, 0.25) is 0 Å². The van der Waals surface area contributed by atoms with Crippen molar-refractivity contribution in [2.75, 3.05) is 13.2 Å². The molecule has 0 bridgehead atoms. The van der Waals surface area contributed by atoms with Gasteiger partial charge in [0.1, 0.15) is 0 Å². The van der Waals surface area contributed by atoms with Gasteiger partial charge in [-0.25, -0.2) is 0 Å². The molecule has 0 unspecified atom stereocenters. The summed E-state index contributed by atoms with van der Waals surface area (Å²) >= 11 is 0. The second-order valence-corrected chi connectivity index (χ2v) is 5.44. The minimum atomic E-state index is -0.361. The molecule has 2 aliphatic carbocycles. The van der Waals surface area contributed by atoms with Gasteiger partial charge in [-0.2, -0.15) is 0 Å². The second-order valence-electron chi connectivity index (χ2n) is 5.44. The summed E-state index contributed by atoms with van der Waals surface area (Å²) in [5, 5.41) is 12.6. The lowest BCUT2D eigenvalue weighted by Crippen LogP contribution is -2.55. The maximum absolute atomic E-state index is 12.1. The van der Waals surface area contributed by atoms with E-state index in [0.717, 1.165) is 38.5 Å². The summed E-state index contributed by atoms with van der Waals surface area (Å²) in [5.74, 6) is 0.0611. The predicted molar refractivity (Wildman–Crippen MR) is 61.8 cm³/mol. The standard InChI is InChI=1S/C12H22N2O2/c13-8-11(6-7-11)10(16)14-12(9-15)4-2-1-3-5-12/h15H,1-9,13H2,(H,14,16). The number of carbonyl (C=O) groups excluding carboxylic acids is 1. The Labute approximate surface area is 96.6 Å². The van der Waals surface area contributed by atoms with Gasteiger partial charge in [-0.3, -0.25) is 4.79 Å². The zero-order chi connectivity index (χ0) is 11.6. The molecule has 0 atom stereocenters. The average molecular weight is 226 g/mol. The van der Waals surface area contributed by atoms with Crippen LogP contribution in [0.4, 0.5) is 0 Å². The summed E-state index contributed by atoms with van der Waals surface area (Å²) in [7, 11) is 0. The van der Waals surface area contributed by atoms with Crippen LogP contribution in [-0.2, 0) is 4.79 Å². The Morgan fingerprint density at radius 3 is 2.25 bits per heavy atom. The van der Waals surface area contributed by atoms with E-state index in [-0.39, 0.29) is 23.5 Å². The van der Waals surface area contributed by atoms with Crippen molar-refractivity contribution in [3.63, 3.8) is 0 Å². The van der Waals surface area contributed by atoms with Gasteiger partial charge in [-0.15, -0.1) is 0 Å². The lowest BCUT2D eigenvalue weighted by molar-refractivity contribution is -0.129. The third kappa shape index (κ3) is 2.09. The molecule has 0 aromatic carbocycles. The molecule has 2 rings (SSSR count). The minimum absolute atomic E-state index is 0.0550. The smallest absolute Gasteiger partial charge is 0.228 e. The van der Waals surface area contributed by atoms with Crippen molar-refractivity contribution in [2.24, 2.45) is 11.1 Å². The monoisotopic (exact) mass is 226 g/mol. The average Bonchev–Trinajstić information content (AvgIpc) is 3.11. The Morgan fingerprint density at radius 2 is 1.81 bits per heavy atom. The number of nitrogens with one attached hydrogen (secondary N) is 1. The van der Waals surface area contributed by atoms with Crippen LogP contribution in [0.1, 0.15) is 44.9 Å². The van der Waals surface area contributed by atoms with E-state index in [4.69, 9.17) is 5.73 Å². The van der Waals surface area contributed by atoms with E-state index in [1.807, 2.05) is 0 Å². The van der Waals surface area contributed by atoms with Crippen LogP contribution < -0.4 is 11.1 Å². The van der Waals surface area contributed by atoms with Gasteiger partial charge < -0.3 is 16.2 Å². The van der Waals surface area contributed by atoms with Crippen LogP contribution in [0.15, 0.2) is 0 Å². The molecule has 16 heavy (non-hydrogen) atoms. The molecule has 2 saturated carbocycles. The number of carbonyl (C=O) groups is 1. The fraction of sp³-hybridized carbons (Fsp3) is 0.917. The lowest BCUT2D eigenvalue weighted by atomic mass is 9.81. The van der Waals surface area contributed by atoms with Gasteiger partial charge >= 0.3 is 0 Å². The summed E-state index contributed by atoms with van der Waals surface area (Å²) in [6.45, 7) is 0.486. The molecule has 4 heteroatoms. The summed E-state index contributed by atoms with van der Waals surface area (Å²) in [4.78, 5) is 12.1. The number of amides is 1. The first-order valence-electron chi connectivity index (χ1n) is 6.30. The van der Waals surface area contributed by atoms with Crippen LogP contribution >= 0.6 is 0 Å². The number of hydrogen-bond acceptors (Lipinski definition) is 3. The summed E-state index contributed by atoms with van der Waals surface area (Å²) < 4.78 is 0. The molecular formula is C12H22N2O2. The maximum atomic E-state index is 12.1. The third-order valence-corrected chi connectivity index (χ3v) is 4.22. The van der Waals surface area contributed by atoms with Crippen molar-refractivity contribution in [1.29, 1.82) is 0 Å². The van der Waals surface area contributed by atoms with Crippen molar-refractivity contribution in [1.82, 2.24) is 5.32 Å². The molecule has 0 aromatic rings. The Morgan fingerprint density at radius 1 is 1.19 bits per heavy atom. The van der Waals surface area contributed by atoms with Gasteiger partial charge in [0.25, 0.3) is 0 Å². The molecule has 0 spiro atoms. The molecule has 0 aliphatic heterocycles. The highest BCUT2D eigenvalue weighted by molar-refractivity contribution is 5.86. The number of aliphatic hydroxyl groups excluding tert-OH is 1. The molecule has 4 nitrogen and oxygen atoms in total. The molecule has 92 valence electrons. The van der Waals surface area contributed by atoms with Gasteiger partial charge in [-0.05, 0) is 25.7 Å². The molecule has 2 fully saturated rings. The fourth-order valence-electron chi connectivity index (χ4n) is 2.60. The normalized spacial score (nSPS) is 26.1. The predicted octanol–water partition coefficient (Wildman–Crippen LogP) is 0.537. The first kappa shape index (κ1) is 11.9. The quantitative estimate of drug-likeness (QED) is 0.655. The van der Waals surface area contributed by atoms with E-state index in [2.05, 4.69) is 5.32 Å². The Kier molecular flexibility index (Phi) is 3.22. The number of rotatable bonds is 4. The van der Waals surface area contributed by atoms with E-state index in [0.29, 0.717) is 6.54 Å². The summed E-state index contributed by atoms with van der Waals surface area (Å²) in [6, 6.07) is 0. The molecule has 2 aliphatic rings. The molecule has 0 aromatic heterocycles. The van der Waals surface area contributed by atoms with Crippen molar-refractivity contribution < 1.29 is 9.90 Å². The highest BCUT2D eigenvalue weighted by atomic mass is 16.3. The van der Waals surface area contributed by atoms with E-state index in [1.165, 1.54) is 6.42 Å². The molecule has 0 saturated heterocycles. The van der Waals surface area contributed by atoms with Gasteiger partial charge in [0.05, 0.1) is 17.6 Å². The highest BCUT2D eigenvalue weighted by Gasteiger charge is 2.50. The van der Waals surface area contributed by atoms with Crippen molar-refractivity contribution in [3.8, 4) is 0 Å². The van der Waals surface area contributed by atoms with Crippen LogP contribution in [-0.4, -0.2) is 29.7 Å². The number of hydrogen-bond donors (Lipinski definition) is 3. The number of aliphatic hydroxyl groups is 1. The van der Waals surface area contributed by atoms with E-state index >= 15 is 0 Å². The lowest BCUT2D eigenvalue weighted by Gasteiger charge is -2.37. The molecule has 0 radical (unpaired) electrons. The van der Waals surface area contributed by atoms with Gasteiger partial charge in [0, 0.05) is 6.54 Å².